The van der Waals surface area contributed by atoms with Crippen LogP contribution >= 0.6 is 12.4 Å². The number of aryl methyl sites for hydroxylation is 1. The van der Waals surface area contributed by atoms with Gasteiger partial charge in [0.25, 0.3) is 0 Å². The first kappa shape index (κ1) is 11.9. The number of imidazole rings is 1. The van der Waals surface area contributed by atoms with Gasteiger partial charge in [0.2, 0.25) is 0 Å². The number of nitrogens with one attached hydrogen (secondary N) is 1. The van der Waals surface area contributed by atoms with E-state index in [2.05, 4.69) is 21.8 Å². The van der Waals surface area contributed by atoms with Crippen LogP contribution in [0.1, 0.15) is 36.7 Å². The van der Waals surface area contributed by atoms with Crippen LogP contribution in [-0.2, 0) is 6.54 Å². The number of hydrogen-bond donors (Lipinski definition) is 1. The van der Waals surface area contributed by atoms with Gasteiger partial charge in [0, 0.05) is 24.4 Å². The molecule has 1 saturated carbocycles. The van der Waals surface area contributed by atoms with Crippen LogP contribution in [0.5, 0.6) is 0 Å². The van der Waals surface area contributed by atoms with Gasteiger partial charge in [-0.25, -0.2) is 4.98 Å². The summed E-state index contributed by atoms with van der Waals surface area (Å²) in [6, 6.07) is 0. The zero-order valence-corrected chi connectivity index (χ0v) is 10.6. The first-order valence-electron chi connectivity index (χ1n) is 6.07. The Morgan fingerprint density at radius 3 is 2.88 bits per heavy atom. The van der Waals surface area contributed by atoms with Crippen LogP contribution < -0.4 is 5.32 Å². The minimum Gasteiger partial charge on any atom is -0.332 e. The standard InChI is InChI=1S/C12H19N3.ClH/c1-9-6-14-12(11-2-3-11)15(9)8-10-4-5-13-7-10;/h6,10-11,13H,2-5,7-8H2,1H3;1H. The van der Waals surface area contributed by atoms with Crippen LogP contribution in [0.25, 0.3) is 0 Å². The van der Waals surface area contributed by atoms with Crippen molar-refractivity contribution in [3.63, 3.8) is 0 Å². The van der Waals surface area contributed by atoms with Gasteiger partial charge in [-0.05, 0) is 45.2 Å². The van der Waals surface area contributed by atoms with Gasteiger partial charge in [-0.1, -0.05) is 0 Å². The zero-order valence-electron chi connectivity index (χ0n) is 9.78. The lowest BCUT2D eigenvalue weighted by atomic mass is 10.1. The summed E-state index contributed by atoms with van der Waals surface area (Å²) < 4.78 is 2.45. The zero-order chi connectivity index (χ0) is 10.3. The molecule has 1 atom stereocenters. The van der Waals surface area contributed by atoms with Gasteiger partial charge < -0.3 is 9.88 Å². The smallest absolute Gasteiger partial charge is 0.111 e. The molecule has 1 aliphatic heterocycles. The van der Waals surface area contributed by atoms with E-state index < -0.39 is 0 Å². The van der Waals surface area contributed by atoms with Gasteiger partial charge >= 0.3 is 0 Å². The molecule has 16 heavy (non-hydrogen) atoms. The molecule has 0 bridgehead atoms. The topological polar surface area (TPSA) is 29.9 Å². The molecule has 4 heteroatoms. The summed E-state index contributed by atoms with van der Waals surface area (Å²) in [6.45, 7) is 5.73. The van der Waals surface area contributed by atoms with Gasteiger partial charge in [-0.2, -0.15) is 0 Å². The molecule has 1 saturated heterocycles. The molecule has 0 spiro atoms. The number of rotatable bonds is 3. The van der Waals surface area contributed by atoms with E-state index >= 15 is 0 Å². The summed E-state index contributed by atoms with van der Waals surface area (Å²) in [6.07, 6.45) is 6.05. The van der Waals surface area contributed by atoms with Crippen LogP contribution in [-0.4, -0.2) is 22.6 Å². The van der Waals surface area contributed by atoms with E-state index in [4.69, 9.17) is 0 Å². The number of hydrogen-bond acceptors (Lipinski definition) is 2. The van der Waals surface area contributed by atoms with Crippen molar-refractivity contribution in [2.75, 3.05) is 13.1 Å². The highest BCUT2D eigenvalue weighted by molar-refractivity contribution is 5.85. The third-order valence-electron chi connectivity index (χ3n) is 3.63. The summed E-state index contributed by atoms with van der Waals surface area (Å²) >= 11 is 0. The van der Waals surface area contributed by atoms with Crippen molar-refractivity contribution in [3.8, 4) is 0 Å². The number of aromatic nitrogens is 2. The van der Waals surface area contributed by atoms with E-state index in [0.29, 0.717) is 0 Å². The molecule has 1 unspecified atom stereocenters. The van der Waals surface area contributed by atoms with Gasteiger partial charge in [0.15, 0.2) is 0 Å². The molecule has 0 radical (unpaired) electrons. The molecular formula is C12H20ClN3. The monoisotopic (exact) mass is 241 g/mol. The second-order valence-electron chi connectivity index (χ2n) is 5.00. The maximum Gasteiger partial charge on any atom is 0.111 e. The molecule has 90 valence electrons. The maximum atomic E-state index is 4.56. The van der Waals surface area contributed by atoms with Crippen molar-refractivity contribution < 1.29 is 0 Å². The Balaban J connectivity index is 0.000000963. The van der Waals surface area contributed by atoms with Crippen LogP contribution in [0.4, 0.5) is 0 Å². The molecule has 2 heterocycles. The van der Waals surface area contributed by atoms with Crippen LogP contribution in [0.2, 0.25) is 0 Å². The largest absolute Gasteiger partial charge is 0.332 e. The van der Waals surface area contributed by atoms with E-state index in [0.717, 1.165) is 11.8 Å². The second kappa shape index (κ2) is 4.76. The third kappa shape index (κ3) is 2.25. The average molecular weight is 242 g/mol. The van der Waals surface area contributed by atoms with Crippen molar-refractivity contribution in [2.24, 2.45) is 5.92 Å². The van der Waals surface area contributed by atoms with E-state index in [1.54, 1.807) is 0 Å². The Morgan fingerprint density at radius 1 is 1.44 bits per heavy atom. The molecule has 3 nitrogen and oxygen atoms in total. The summed E-state index contributed by atoms with van der Waals surface area (Å²) in [5.41, 5.74) is 1.34. The Morgan fingerprint density at radius 2 is 2.25 bits per heavy atom. The van der Waals surface area contributed by atoms with E-state index in [9.17, 15) is 0 Å². The highest BCUT2D eigenvalue weighted by Gasteiger charge is 2.29. The number of halogens is 1. The SMILES string of the molecule is Cc1cnc(C2CC2)n1CC1CCNC1.Cl. The summed E-state index contributed by atoms with van der Waals surface area (Å²) in [4.78, 5) is 4.56. The Kier molecular flexibility index (Phi) is 3.55. The summed E-state index contributed by atoms with van der Waals surface area (Å²) in [7, 11) is 0. The molecular weight excluding hydrogens is 222 g/mol. The van der Waals surface area contributed by atoms with Gasteiger partial charge in [0.1, 0.15) is 5.82 Å². The second-order valence-corrected chi connectivity index (χ2v) is 5.00. The van der Waals surface area contributed by atoms with Crippen molar-refractivity contribution >= 4 is 12.4 Å². The van der Waals surface area contributed by atoms with E-state index in [1.165, 1.54) is 50.4 Å². The minimum atomic E-state index is 0. The molecule has 1 aliphatic carbocycles. The van der Waals surface area contributed by atoms with Crippen molar-refractivity contribution in [1.29, 1.82) is 0 Å². The molecule has 2 fully saturated rings. The van der Waals surface area contributed by atoms with Gasteiger partial charge in [-0.3, -0.25) is 0 Å². The molecule has 0 amide bonds. The van der Waals surface area contributed by atoms with Gasteiger partial charge in [-0.15, -0.1) is 12.4 Å². The fraction of sp³-hybridized carbons (Fsp3) is 0.750. The Labute approximate surface area is 103 Å². The molecule has 1 aromatic rings. The molecule has 3 rings (SSSR count). The third-order valence-corrected chi connectivity index (χ3v) is 3.63. The van der Waals surface area contributed by atoms with Crippen molar-refractivity contribution in [2.45, 2.75) is 38.6 Å². The van der Waals surface area contributed by atoms with Crippen molar-refractivity contribution in [3.05, 3.63) is 17.7 Å². The molecule has 2 aliphatic rings. The highest BCUT2D eigenvalue weighted by atomic mass is 35.5. The van der Waals surface area contributed by atoms with Crippen molar-refractivity contribution in [1.82, 2.24) is 14.9 Å². The first-order chi connectivity index (χ1) is 7.34. The maximum absolute atomic E-state index is 4.56. The average Bonchev–Trinajstić information content (AvgIpc) is 2.82. The quantitative estimate of drug-likeness (QED) is 0.879. The van der Waals surface area contributed by atoms with E-state index in [-0.39, 0.29) is 12.4 Å². The van der Waals surface area contributed by atoms with E-state index in [1.807, 2.05) is 6.20 Å². The lowest BCUT2D eigenvalue weighted by Gasteiger charge is -2.14. The minimum absolute atomic E-state index is 0. The fourth-order valence-corrected chi connectivity index (χ4v) is 2.51. The number of nitrogens with zero attached hydrogens (tertiary/aromatic N) is 2. The Bertz CT molecular complexity index is 351. The Hall–Kier alpha value is -0.540. The predicted molar refractivity (Wildman–Crippen MR) is 67.2 cm³/mol. The molecule has 1 aromatic heterocycles. The predicted octanol–water partition coefficient (Wildman–Crippen LogP) is 2.10. The first-order valence-corrected chi connectivity index (χ1v) is 6.07. The fourth-order valence-electron chi connectivity index (χ4n) is 2.51. The lowest BCUT2D eigenvalue weighted by Crippen LogP contribution is -2.16. The summed E-state index contributed by atoms with van der Waals surface area (Å²) in [5, 5.41) is 3.43. The summed E-state index contributed by atoms with van der Waals surface area (Å²) in [5.74, 6) is 2.93. The lowest BCUT2D eigenvalue weighted by molar-refractivity contribution is 0.463. The normalized spacial score (nSPS) is 24.4. The molecule has 0 aromatic carbocycles. The highest BCUT2D eigenvalue weighted by Crippen LogP contribution is 2.39. The van der Waals surface area contributed by atoms with Crippen LogP contribution in [0.15, 0.2) is 6.20 Å². The van der Waals surface area contributed by atoms with Gasteiger partial charge in [0.05, 0.1) is 0 Å². The van der Waals surface area contributed by atoms with Crippen LogP contribution in [0.3, 0.4) is 0 Å². The molecule has 1 N–H and O–H groups in total. The van der Waals surface area contributed by atoms with Crippen LogP contribution in [0, 0.1) is 12.8 Å².